The summed E-state index contributed by atoms with van der Waals surface area (Å²) in [6.07, 6.45) is 0. The van der Waals surface area contributed by atoms with Crippen LogP contribution in [0.3, 0.4) is 0 Å². The lowest BCUT2D eigenvalue weighted by Crippen LogP contribution is -2.47. The van der Waals surface area contributed by atoms with Crippen molar-refractivity contribution in [2.24, 2.45) is 0 Å². The number of carbonyl (C=O) groups excluding carboxylic acids is 1. The summed E-state index contributed by atoms with van der Waals surface area (Å²) in [5, 5.41) is 2.73. The van der Waals surface area contributed by atoms with Crippen molar-refractivity contribution in [1.29, 1.82) is 0 Å². The van der Waals surface area contributed by atoms with Gasteiger partial charge in [-0.25, -0.2) is 6.57 Å². The van der Waals surface area contributed by atoms with Crippen molar-refractivity contribution in [1.82, 2.24) is 5.32 Å². The van der Waals surface area contributed by atoms with Crippen molar-refractivity contribution in [3.63, 3.8) is 0 Å². The van der Waals surface area contributed by atoms with Crippen LogP contribution >= 0.6 is 0 Å². The fourth-order valence-corrected chi connectivity index (χ4v) is 1.86. The van der Waals surface area contributed by atoms with Gasteiger partial charge in [0.2, 0.25) is 0 Å². The average molecular weight is 294 g/mol. The maximum absolute atomic E-state index is 12.2. The quantitative estimate of drug-likeness (QED) is 0.858. The van der Waals surface area contributed by atoms with E-state index >= 15 is 0 Å². The predicted octanol–water partition coefficient (Wildman–Crippen LogP) is 3.44. The molecule has 1 amide bonds. The third kappa shape index (κ3) is 4.10. The van der Waals surface area contributed by atoms with Crippen molar-refractivity contribution in [2.45, 2.75) is 19.5 Å². The van der Waals surface area contributed by atoms with Crippen LogP contribution < -0.4 is 10.1 Å². The number of rotatable bonds is 5. The van der Waals surface area contributed by atoms with Crippen LogP contribution in [0.2, 0.25) is 0 Å². The molecule has 0 bridgehead atoms. The normalized spacial score (nSPS) is 12.8. The molecule has 0 spiro atoms. The third-order valence-corrected chi connectivity index (χ3v) is 3.21. The van der Waals surface area contributed by atoms with Crippen molar-refractivity contribution in [3.05, 3.63) is 77.1 Å². The lowest BCUT2D eigenvalue weighted by Gasteiger charge is -2.19. The molecule has 0 aliphatic rings. The van der Waals surface area contributed by atoms with Gasteiger partial charge in [-0.3, -0.25) is 15.0 Å². The van der Waals surface area contributed by atoms with E-state index in [-0.39, 0.29) is 12.5 Å². The lowest BCUT2D eigenvalue weighted by molar-refractivity contribution is 0.0896. The molecule has 4 heteroatoms. The first-order valence-electron chi connectivity index (χ1n) is 6.98. The molecule has 0 aromatic heterocycles. The van der Waals surface area contributed by atoms with E-state index in [9.17, 15) is 4.79 Å². The highest BCUT2D eigenvalue weighted by molar-refractivity contribution is 5.94. The second kappa shape index (κ2) is 6.77. The van der Waals surface area contributed by atoms with Crippen LogP contribution in [-0.4, -0.2) is 18.2 Å². The van der Waals surface area contributed by atoms with Crippen LogP contribution in [0.15, 0.2) is 54.6 Å². The van der Waals surface area contributed by atoms with Gasteiger partial charge in [-0.2, -0.15) is 0 Å². The molecular weight excluding hydrogens is 276 g/mol. The minimum absolute atomic E-state index is 0.0815. The highest BCUT2D eigenvalue weighted by atomic mass is 16.5. The van der Waals surface area contributed by atoms with Gasteiger partial charge in [0.25, 0.3) is 5.91 Å². The van der Waals surface area contributed by atoms with Gasteiger partial charge in [0, 0.05) is 12.5 Å². The number of benzene rings is 2. The van der Waals surface area contributed by atoms with E-state index in [0.717, 1.165) is 5.56 Å². The van der Waals surface area contributed by atoms with Crippen molar-refractivity contribution in [2.75, 3.05) is 6.61 Å². The average Bonchev–Trinajstić information content (AvgIpc) is 2.54. The topological polar surface area (TPSA) is 42.7 Å². The number of ether oxygens (including phenoxy) is 1. The molecule has 2 aromatic rings. The summed E-state index contributed by atoms with van der Waals surface area (Å²) in [4.78, 5) is 15.7. The van der Waals surface area contributed by atoms with Crippen LogP contribution in [0, 0.1) is 13.5 Å². The molecule has 4 nitrogen and oxygen atoms in total. The van der Waals surface area contributed by atoms with Crippen LogP contribution in [-0.2, 0) is 0 Å². The summed E-state index contributed by atoms with van der Waals surface area (Å²) in [7, 11) is 0. The smallest absolute Gasteiger partial charge is 0.338 e. The fourth-order valence-electron chi connectivity index (χ4n) is 1.86. The van der Waals surface area contributed by atoms with E-state index in [1.54, 1.807) is 19.1 Å². The second-order valence-electron chi connectivity index (χ2n) is 5.31. The van der Waals surface area contributed by atoms with Crippen molar-refractivity contribution in [3.8, 4) is 5.75 Å². The number of nitrogens with zero attached hydrogens (tertiary/aromatic N) is 1. The van der Waals surface area contributed by atoms with Gasteiger partial charge in [-0.1, -0.05) is 35.9 Å². The molecule has 0 fully saturated rings. The molecule has 2 rings (SSSR count). The highest BCUT2D eigenvalue weighted by Gasteiger charge is 2.33. The second-order valence-corrected chi connectivity index (χ2v) is 5.31. The van der Waals surface area contributed by atoms with Crippen LogP contribution in [0.4, 0.5) is 0 Å². The molecule has 112 valence electrons. The molecule has 2 aromatic carbocycles. The molecule has 0 aliphatic heterocycles. The Balaban J connectivity index is 2.02. The molecule has 1 N–H and O–H groups in total. The number of hydrogen-bond acceptors (Lipinski definition) is 2. The summed E-state index contributed by atoms with van der Waals surface area (Å²) in [6.45, 7) is 11.0. The Bertz CT molecular complexity index is 674. The molecule has 0 radical (unpaired) electrons. The van der Waals surface area contributed by atoms with E-state index in [1.807, 2.05) is 49.4 Å². The minimum Gasteiger partial charge on any atom is -0.483 e. The van der Waals surface area contributed by atoms with E-state index in [1.165, 1.54) is 0 Å². The van der Waals surface area contributed by atoms with Gasteiger partial charge >= 0.3 is 5.66 Å². The third-order valence-electron chi connectivity index (χ3n) is 3.21. The molecule has 1 atom stereocenters. The van der Waals surface area contributed by atoms with E-state index in [0.29, 0.717) is 11.3 Å². The monoisotopic (exact) mass is 294 g/mol. The number of aryl methyl sites for hydroxylation is 1. The maximum Gasteiger partial charge on any atom is 0.338 e. The zero-order chi connectivity index (χ0) is 16.0. The maximum atomic E-state index is 12.2. The largest absolute Gasteiger partial charge is 0.483 e. The number of para-hydroxylation sites is 1. The molecular formula is C18H18N2O2. The van der Waals surface area contributed by atoms with Crippen molar-refractivity contribution < 1.29 is 9.53 Å². The zero-order valence-corrected chi connectivity index (χ0v) is 12.7. The summed E-state index contributed by atoms with van der Waals surface area (Å²) in [5.74, 6) is 0.386. The van der Waals surface area contributed by atoms with Gasteiger partial charge in [-0.05, 0) is 31.2 Å². The van der Waals surface area contributed by atoms with Gasteiger partial charge in [-0.15, -0.1) is 0 Å². The SMILES string of the molecule is [C-]#[N+]C(C)(COc1ccccc1)NC(=O)c1ccc(C)cc1. The first-order chi connectivity index (χ1) is 10.5. The van der Waals surface area contributed by atoms with E-state index in [2.05, 4.69) is 10.2 Å². The first kappa shape index (κ1) is 15.6. The highest BCUT2D eigenvalue weighted by Crippen LogP contribution is 2.14. The van der Waals surface area contributed by atoms with E-state index in [4.69, 9.17) is 11.3 Å². The summed E-state index contributed by atoms with van der Waals surface area (Å²) < 4.78 is 5.59. The Morgan fingerprint density at radius 2 is 1.82 bits per heavy atom. The number of amides is 1. The Labute approximate surface area is 130 Å². The van der Waals surface area contributed by atoms with Crippen LogP contribution in [0.1, 0.15) is 22.8 Å². The van der Waals surface area contributed by atoms with Crippen molar-refractivity contribution >= 4 is 5.91 Å². The van der Waals surface area contributed by atoms with Crippen LogP contribution in [0.5, 0.6) is 5.75 Å². The minimum atomic E-state index is -1.11. The number of carbonyl (C=O) groups is 1. The van der Waals surface area contributed by atoms with E-state index < -0.39 is 5.66 Å². The number of nitrogens with one attached hydrogen (secondary N) is 1. The molecule has 0 aliphatic carbocycles. The Morgan fingerprint density at radius 3 is 2.41 bits per heavy atom. The fraction of sp³-hybridized carbons (Fsp3) is 0.222. The Kier molecular flexibility index (Phi) is 4.80. The van der Waals surface area contributed by atoms with Gasteiger partial charge < -0.3 is 4.74 Å². The van der Waals surface area contributed by atoms with Gasteiger partial charge in [0.1, 0.15) is 5.75 Å². The summed E-state index contributed by atoms with van der Waals surface area (Å²) >= 11 is 0. The Morgan fingerprint density at radius 1 is 1.18 bits per heavy atom. The first-order valence-corrected chi connectivity index (χ1v) is 6.98. The van der Waals surface area contributed by atoms with Gasteiger partial charge in [0.15, 0.2) is 6.61 Å². The predicted molar refractivity (Wildman–Crippen MR) is 85.6 cm³/mol. The molecule has 0 saturated carbocycles. The van der Waals surface area contributed by atoms with Crippen LogP contribution in [0.25, 0.3) is 4.85 Å². The molecule has 0 heterocycles. The zero-order valence-electron chi connectivity index (χ0n) is 12.7. The molecule has 0 saturated heterocycles. The molecule has 22 heavy (non-hydrogen) atoms. The van der Waals surface area contributed by atoms with Gasteiger partial charge in [0.05, 0.1) is 0 Å². The number of hydrogen-bond donors (Lipinski definition) is 1. The standard InChI is InChI=1S/C18H18N2O2/c1-14-9-11-15(12-10-14)17(21)20-18(2,19-3)13-22-16-7-5-4-6-8-16/h4-12H,13H2,1-2H3,(H,20,21). The molecule has 1 unspecified atom stereocenters. The summed E-state index contributed by atoms with van der Waals surface area (Å²) in [6, 6.07) is 16.4. The lowest BCUT2D eigenvalue weighted by atomic mass is 10.1. The summed E-state index contributed by atoms with van der Waals surface area (Å²) in [5.41, 5.74) is 0.495. The Hall–Kier alpha value is -2.80.